The minimum absolute atomic E-state index is 0.0883. The second kappa shape index (κ2) is 13.1. The molecule has 0 N–H and O–H groups in total. The fourth-order valence-electron chi connectivity index (χ4n) is 2.90. The van der Waals surface area contributed by atoms with Crippen molar-refractivity contribution in [3.05, 3.63) is 18.7 Å². The van der Waals surface area contributed by atoms with Gasteiger partial charge in [0.05, 0.1) is 30.7 Å². The van der Waals surface area contributed by atoms with Gasteiger partial charge >= 0.3 is 18.0 Å². The van der Waals surface area contributed by atoms with Crippen LogP contribution in [0.5, 0.6) is 0 Å². The van der Waals surface area contributed by atoms with Gasteiger partial charge in [-0.25, -0.2) is 14.3 Å². The third-order valence-electron chi connectivity index (χ3n) is 4.81. The molecule has 0 aliphatic heterocycles. The second-order valence-corrected chi connectivity index (χ2v) is 7.94. The number of rotatable bonds is 14. The molecule has 0 aliphatic rings. The molecular weight excluding hydrogens is 408 g/mol. The van der Waals surface area contributed by atoms with Gasteiger partial charge in [0, 0.05) is 19.5 Å². The van der Waals surface area contributed by atoms with Gasteiger partial charge in [0.25, 0.3) is 0 Å². The zero-order valence-electron chi connectivity index (χ0n) is 19.0. The van der Waals surface area contributed by atoms with Crippen LogP contribution in [-0.2, 0) is 33.3 Å². The molecule has 31 heavy (non-hydrogen) atoms. The van der Waals surface area contributed by atoms with Gasteiger partial charge in [-0.1, -0.05) is 6.92 Å². The van der Waals surface area contributed by atoms with Gasteiger partial charge < -0.3 is 23.7 Å². The van der Waals surface area contributed by atoms with Crippen molar-refractivity contribution in [2.45, 2.75) is 40.5 Å². The molecule has 1 heterocycles. The first-order valence-electron chi connectivity index (χ1n) is 10.2. The largest absolute Gasteiger partial charge is 0.463 e. The molecule has 0 fully saturated rings. The Labute approximate surface area is 183 Å². The van der Waals surface area contributed by atoms with E-state index in [1.54, 1.807) is 27.9 Å². The molecule has 10 nitrogen and oxygen atoms in total. The molecule has 0 saturated heterocycles. The molecule has 1 atom stereocenters. The van der Waals surface area contributed by atoms with Crippen LogP contribution in [0.1, 0.15) is 40.5 Å². The molecule has 0 amide bonds. The van der Waals surface area contributed by atoms with Crippen LogP contribution < -0.4 is 0 Å². The van der Waals surface area contributed by atoms with E-state index in [0.29, 0.717) is 19.6 Å². The van der Waals surface area contributed by atoms with E-state index in [1.807, 2.05) is 6.92 Å². The number of nitrogens with zero attached hydrogens (tertiary/aromatic N) is 2. The summed E-state index contributed by atoms with van der Waals surface area (Å²) in [5.41, 5.74) is -1.80. The Bertz CT molecular complexity index is 690. The van der Waals surface area contributed by atoms with Crippen LogP contribution >= 0.6 is 0 Å². The summed E-state index contributed by atoms with van der Waals surface area (Å²) in [7, 11) is 1.58. The Hall–Kier alpha value is -2.46. The first-order chi connectivity index (χ1) is 14.7. The number of aromatic nitrogens is 2. The molecule has 0 bridgehead atoms. The zero-order chi connectivity index (χ0) is 23.3. The van der Waals surface area contributed by atoms with Gasteiger partial charge in [0.15, 0.2) is 0 Å². The van der Waals surface area contributed by atoms with Crippen molar-refractivity contribution >= 4 is 18.0 Å². The van der Waals surface area contributed by atoms with Gasteiger partial charge in [-0.15, -0.1) is 0 Å². The number of hydrogen-bond acceptors (Lipinski definition) is 9. The van der Waals surface area contributed by atoms with E-state index < -0.39 is 22.9 Å². The highest BCUT2D eigenvalue weighted by molar-refractivity contribution is 5.80. The van der Waals surface area contributed by atoms with E-state index >= 15 is 0 Å². The molecule has 1 aromatic rings. The van der Waals surface area contributed by atoms with E-state index in [2.05, 4.69) is 4.98 Å². The Balaban J connectivity index is 2.44. The van der Waals surface area contributed by atoms with E-state index in [0.717, 1.165) is 0 Å². The Kier molecular flexibility index (Phi) is 11.2. The van der Waals surface area contributed by atoms with Crippen molar-refractivity contribution in [3.63, 3.8) is 0 Å². The molecule has 0 spiro atoms. The summed E-state index contributed by atoms with van der Waals surface area (Å²) in [4.78, 5) is 40.6. The SMILES string of the molecule is CCC(C)(CC(C)(C)C(=O)OCCOC(=O)n1ccnc1)C(=O)OCCOCCOC. The Morgan fingerprint density at radius 3 is 2.13 bits per heavy atom. The van der Waals surface area contributed by atoms with Gasteiger partial charge in [-0.2, -0.15) is 0 Å². The minimum Gasteiger partial charge on any atom is -0.463 e. The van der Waals surface area contributed by atoms with Gasteiger partial charge in [-0.05, 0) is 33.6 Å². The number of carbonyl (C=O) groups is 3. The van der Waals surface area contributed by atoms with Crippen molar-refractivity contribution in [2.75, 3.05) is 46.8 Å². The highest BCUT2D eigenvalue weighted by Gasteiger charge is 2.42. The third-order valence-corrected chi connectivity index (χ3v) is 4.81. The van der Waals surface area contributed by atoms with Crippen molar-refractivity contribution in [2.24, 2.45) is 10.8 Å². The summed E-state index contributed by atoms with van der Waals surface area (Å²) in [5, 5.41) is 0. The first-order valence-corrected chi connectivity index (χ1v) is 10.2. The molecule has 0 aromatic carbocycles. The van der Waals surface area contributed by atoms with E-state index in [-0.39, 0.29) is 38.8 Å². The number of carbonyl (C=O) groups excluding carboxylic acids is 3. The maximum atomic E-state index is 12.6. The molecule has 1 unspecified atom stereocenters. The summed E-state index contributed by atoms with van der Waals surface area (Å²) < 4.78 is 26.9. The number of methoxy groups -OCH3 is 1. The van der Waals surface area contributed by atoms with Crippen LogP contribution in [0.3, 0.4) is 0 Å². The average molecular weight is 443 g/mol. The summed E-state index contributed by atoms with van der Waals surface area (Å²) in [6.45, 7) is 8.18. The highest BCUT2D eigenvalue weighted by Crippen LogP contribution is 2.38. The molecule has 0 radical (unpaired) electrons. The predicted molar refractivity (Wildman–Crippen MR) is 110 cm³/mol. The Morgan fingerprint density at radius 2 is 1.52 bits per heavy atom. The molecule has 0 saturated carbocycles. The van der Waals surface area contributed by atoms with Gasteiger partial charge in [0.2, 0.25) is 0 Å². The fraction of sp³-hybridized carbons (Fsp3) is 0.714. The van der Waals surface area contributed by atoms with Crippen molar-refractivity contribution in [1.82, 2.24) is 9.55 Å². The van der Waals surface area contributed by atoms with E-state index in [1.165, 1.54) is 23.3 Å². The lowest BCUT2D eigenvalue weighted by atomic mass is 9.72. The monoisotopic (exact) mass is 442 g/mol. The van der Waals surface area contributed by atoms with Crippen molar-refractivity contribution < 1.29 is 38.1 Å². The molecule has 1 aromatic heterocycles. The lowest BCUT2D eigenvalue weighted by molar-refractivity contribution is -0.164. The van der Waals surface area contributed by atoms with Crippen LogP contribution in [0.25, 0.3) is 0 Å². The van der Waals surface area contributed by atoms with Crippen molar-refractivity contribution in [3.8, 4) is 0 Å². The summed E-state index contributed by atoms with van der Waals surface area (Å²) in [5.74, 6) is -0.873. The maximum Gasteiger partial charge on any atom is 0.419 e. The molecule has 176 valence electrons. The normalized spacial score (nSPS) is 13.3. The smallest absolute Gasteiger partial charge is 0.419 e. The summed E-state index contributed by atoms with van der Waals surface area (Å²) in [6.07, 6.45) is 4.35. The van der Waals surface area contributed by atoms with E-state index in [9.17, 15) is 14.4 Å². The first kappa shape index (κ1) is 26.6. The average Bonchev–Trinajstić information content (AvgIpc) is 3.27. The van der Waals surface area contributed by atoms with Crippen LogP contribution in [0.4, 0.5) is 4.79 Å². The number of ether oxygens (including phenoxy) is 5. The summed E-state index contributed by atoms with van der Waals surface area (Å²) in [6, 6.07) is 0. The van der Waals surface area contributed by atoms with E-state index in [4.69, 9.17) is 23.7 Å². The predicted octanol–water partition coefficient (Wildman–Crippen LogP) is 2.45. The van der Waals surface area contributed by atoms with Crippen molar-refractivity contribution in [1.29, 1.82) is 0 Å². The molecule has 10 heteroatoms. The minimum atomic E-state index is -0.937. The molecule has 0 aliphatic carbocycles. The maximum absolute atomic E-state index is 12.6. The van der Waals surface area contributed by atoms with Crippen LogP contribution in [0, 0.1) is 10.8 Å². The molecular formula is C21H34N2O8. The zero-order valence-corrected chi connectivity index (χ0v) is 19.0. The van der Waals surface area contributed by atoms with Crippen LogP contribution in [0.2, 0.25) is 0 Å². The quantitative estimate of drug-likeness (QED) is 0.243. The van der Waals surface area contributed by atoms with Crippen LogP contribution in [0.15, 0.2) is 18.7 Å². The summed E-state index contributed by atoms with van der Waals surface area (Å²) >= 11 is 0. The van der Waals surface area contributed by atoms with Gasteiger partial charge in [0.1, 0.15) is 26.1 Å². The standard InChI is InChI=1S/C21H34N2O8/c1-6-21(4,18(25)30-12-11-28-10-9-27-5)15-20(2,3)17(24)29-13-14-31-19(26)23-8-7-22-16-23/h7-8,16H,6,9-15H2,1-5H3. The Morgan fingerprint density at radius 1 is 0.903 bits per heavy atom. The highest BCUT2D eigenvalue weighted by atomic mass is 16.6. The number of esters is 2. The molecule has 1 rings (SSSR count). The number of hydrogen-bond donors (Lipinski definition) is 0. The lowest BCUT2D eigenvalue weighted by Crippen LogP contribution is -2.39. The number of imidazole rings is 1. The van der Waals surface area contributed by atoms with Crippen LogP contribution in [-0.4, -0.2) is 74.3 Å². The lowest BCUT2D eigenvalue weighted by Gasteiger charge is -2.33. The second-order valence-electron chi connectivity index (χ2n) is 7.94. The third kappa shape index (κ3) is 9.06. The fourth-order valence-corrected chi connectivity index (χ4v) is 2.90. The topological polar surface area (TPSA) is 115 Å². The van der Waals surface area contributed by atoms with Gasteiger partial charge in [-0.3, -0.25) is 9.59 Å².